The van der Waals surface area contributed by atoms with Crippen LogP contribution in [0.2, 0.25) is 5.02 Å². The number of rotatable bonds is 4. The van der Waals surface area contributed by atoms with Crippen LogP contribution in [0.25, 0.3) is 0 Å². The monoisotopic (exact) mass is 375 g/mol. The van der Waals surface area contributed by atoms with Crippen LogP contribution in [0.5, 0.6) is 0 Å². The largest absolute Gasteiger partial charge is 0.336 e. The summed E-state index contributed by atoms with van der Waals surface area (Å²) in [7, 11) is 0. The van der Waals surface area contributed by atoms with Crippen molar-refractivity contribution in [3.8, 4) is 0 Å². The van der Waals surface area contributed by atoms with E-state index in [2.05, 4.69) is 5.32 Å². The molecular weight excluding hydrogens is 357 g/mol. The third kappa shape index (κ3) is 4.39. The lowest BCUT2D eigenvalue weighted by atomic mass is 10.2. The normalized spacial score (nSPS) is 14.9. The number of para-hydroxylation sites is 1. The number of benzene rings is 2. The molecule has 0 bridgehead atoms. The number of anilines is 1. The van der Waals surface area contributed by atoms with Crippen molar-refractivity contribution < 1.29 is 14.0 Å². The summed E-state index contributed by atoms with van der Waals surface area (Å²) in [6, 6.07) is 13.0. The Hall–Kier alpha value is -2.44. The molecule has 1 heterocycles. The molecule has 0 aliphatic carbocycles. The van der Waals surface area contributed by atoms with Crippen molar-refractivity contribution in [3.63, 3.8) is 0 Å². The standard InChI is InChI=1S/C19H19ClFN3O2/c20-15-6-2-1-5-14(15)19(26)24-11-9-23(10-12-24)13-18(25)22-17-8-4-3-7-16(17)21/h1-8H,9-13H2,(H,22,25). The van der Waals surface area contributed by atoms with Crippen LogP contribution in [0.1, 0.15) is 10.4 Å². The zero-order chi connectivity index (χ0) is 18.5. The Labute approximate surface area is 156 Å². The molecule has 0 radical (unpaired) electrons. The maximum Gasteiger partial charge on any atom is 0.255 e. The quantitative estimate of drug-likeness (QED) is 0.894. The van der Waals surface area contributed by atoms with Crippen molar-refractivity contribution in [1.82, 2.24) is 9.80 Å². The molecule has 0 saturated carbocycles. The fourth-order valence-corrected chi connectivity index (χ4v) is 3.09. The van der Waals surface area contributed by atoms with E-state index in [1.807, 2.05) is 4.90 Å². The van der Waals surface area contributed by atoms with Gasteiger partial charge in [-0.1, -0.05) is 35.9 Å². The number of nitrogens with zero attached hydrogens (tertiary/aromatic N) is 2. The molecule has 2 amide bonds. The first-order chi connectivity index (χ1) is 12.5. The smallest absolute Gasteiger partial charge is 0.255 e. The van der Waals surface area contributed by atoms with Gasteiger partial charge in [-0.05, 0) is 24.3 Å². The third-order valence-electron chi connectivity index (χ3n) is 4.28. The SMILES string of the molecule is O=C(CN1CCN(C(=O)c2ccccc2Cl)CC1)Nc1ccccc1F. The highest BCUT2D eigenvalue weighted by molar-refractivity contribution is 6.33. The van der Waals surface area contributed by atoms with Gasteiger partial charge in [0.25, 0.3) is 5.91 Å². The maximum atomic E-state index is 13.6. The molecule has 1 N–H and O–H groups in total. The van der Waals surface area contributed by atoms with Crippen molar-refractivity contribution in [2.45, 2.75) is 0 Å². The minimum Gasteiger partial charge on any atom is -0.336 e. The molecular formula is C19H19ClFN3O2. The number of hydrogen-bond acceptors (Lipinski definition) is 3. The summed E-state index contributed by atoms with van der Waals surface area (Å²) in [6.07, 6.45) is 0. The predicted molar refractivity (Wildman–Crippen MR) is 98.8 cm³/mol. The van der Waals surface area contributed by atoms with Crippen molar-refractivity contribution in [1.29, 1.82) is 0 Å². The van der Waals surface area contributed by atoms with Gasteiger partial charge in [-0.25, -0.2) is 4.39 Å². The molecule has 1 fully saturated rings. The molecule has 0 atom stereocenters. The average molecular weight is 376 g/mol. The van der Waals surface area contributed by atoms with E-state index < -0.39 is 5.82 Å². The predicted octanol–water partition coefficient (Wildman–Crippen LogP) is 2.88. The molecule has 136 valence electrons. The number of nitrogens with one attached hydrogen (secondary N) is 1. The molecule has 2 aromatic carbocycles. The summed E-state index contributed by atoms with van der Waals surface area (Å²) in [5.74, 6) is -0.844. The van der Waals surface area contributed by atoms with Gasteiger partial charge >= 0.3 is 0 Å². The van der Waals surface area contributed by atoms with E-state index >= 15 is 0 Å². The second-order valence-electron chi connectivity index (χ2n) is 6.08. The molecule has 1 aliphatic rings. The van der Waals surface area contributed by atoms with E-state index in [-0.39, 0.29) is 24.0 Å². The van der Waals surface area contributed by atoms with Crippen LogP contribution in [-0.2, 0) is 4.79 Å². The van der Waals surface area contributed by atoms with E-state index in [9.17, 15) is 14.0 Å². The van der Waals surface area contributed by atoms with Crippen molar-refractivity contribution in [2.24, 2.45) is 0 Å². The van der Waals surface area contributed by atoms with E-state index in [1.54, 1.807) is 41.3 Å². The zero-order valence-corrected chi connectivity index (χ0v) is 14.9. The van der Waals surface area contributed by atoms with Gasteiger partial charge in [0.15, 0.2) is 0 Å². The van der Waals surface area contributed by atoms with Crippen LogP contribution in [0, 0.1) is 5.82 Å². The summed E-state index contributed by atoms with van der Waals surface area (Å²) in [5.41, 5.74) is 0.657. The fourth-order valence-electron chi connectivity index (χ4n) is 2.87. The molecule has 2 aromatic rings. The second-order valence-corrected chi connectivity index (χ2v) is 6.48. The van der Waals surface area contributed by atoms with Crippen molar-refractivity contribution in [3.05, 3.63) is 64.9 Å². The number of piperazine rings is 1. The summed E-state index contributed by atoms with van der Waals surface area (Å²) < 4.78 is 13.6. The highest BCUT2D eigenvalue weighted by Crippen LogP contribution is 2.18. The highest BCUT2D eigenvalue weighted by atomic mass is 35.5. The first-order valence-electron chi connectivity index (χ1n) is 8.35. The lowest BCUT2D eigenvalue weighted by Gasteiger charge is -2.34. The molecule has 3 rings (SSSR count). The molecule has 1 saturated heterocycles. The molecule has 1 aliphatic heterocycles. The maximum absolute atomic E-state index is 13.6. The second kappa shape index (κ2) is 8.29. The summed E-state index contributed by atoms with van der Waals surface area (Å²) in [4.78, 5) is 28.3. The van der Waals surface area contributed by atoms with Gasteiger partial charge in [-0.2, -0.15) is 0 Å². The summed E-state index contributed by atoms with van der Waals surface area (Å²) >= 11 is 6.08. The van der Waals surface area contributed by atoms with Crippen LogP contribution >= 0.6 is 11.6 Å². The van der Waals surface area contributed by atoms with Crippen molar-refractivity contribution >= 4 is 29.1 Å². The summed E-state index contributed by atoms with van der Waals surface area (Å²) in [6.45, 7) is 2.32. The van der Waals surface area contributed by atoms with Crippen LogP contribution in [0.15, 0.2) is 48.5 Å². The van der Waals surface area contributed by atoms with Gasteiger partial charge in [0.1, 0.15) is 5.82 Å². The molecule has 0 aromatic heterocycles. The molecule has 26 heavy (non-hydrogen) atoms. The van der Waals surface area contributed by atoms with E-state index in [4.69, 9.17) is 11.6 Å². The summed E-state index contributed by atoms with van der Waals surface area (Å²) in [5, 5.41) is 3.01. The van der Waals surface area contributed by atoms with Gasteiger partial charge in [-0.3, -0.25) is 14.5 Å². The van der Waals surface area contributed by atoms with Crippen LogP contribution in [0.3, 0.4) is 0 Å². The number of carbonyl (C=O) groups excluding carboxylic acids is 2. The van der Waals surface area contributed by atoms with E-state index in [0.717, 1.165) is 0 Å². The fraction of sp³-hybridized carbons (Fsp3) is 0.263. The minimum absolute atomic E-state index is 0.106. The van der Waals surface area contributed by atoms with Crippen LogP contribution < -0.4 is 5.32 Å². The third-order valence-corrected chi connectivity index (χ3v) is 4.61. The Bertz CT molecular complexity index is 807. The van der Waals surface area contributed by atoms with Gasteiger partial charge in [0, 0.05) is 26.2 Å². The lowest BCUT2D eigenvalue weighted by Crippen LogP contribution is -2.50. The number of hydrogen-bond donors (Lipinski definition) is 1. The average Bonchev–Trinajstić information content (AvgIpc) is 2.64. The lowest BCUT2D eigenvalue weighted by molar-refractivity contribution is -0.117. The number of halogens is 2. The van der Waals surface area contributed by atoms with Crippen molar-refractivity contribution in [2.75, 3.05) is 38.0 Å². The molecule has 0 unspecified atom stereocenters. The Morgan fingerprint density at radius 3 is 2.35 bits per heavy atom. The Morgan fingerprint density at radius 2 is 1.65 bits per heavy atom. The molecule has 5 nitrogen and oxygen atoms in total. The number of carbonyl (C=O) groups is 2. The number of amides is 2. The first-order valence-corrected chi connectivity index (χ1v) is 8.73. The Morgan fingerprint density at radius 1 is 1.00 bits per heavy atom. The molecule has 0 spiro atoms. The Balaban J connectivity index is 1.51. The van der Waals surface area contributed by atoms with Gasteiger partial charge < -0.3 is 10.2 Å². The first kappa shape index (κ1) is 18.4. The topological polar surface area (TPSA) is 52.7 Å². The van der Waals surface area contributed by atoms with Crippen LogP contribution in [-0.4, -0.2) is 54.3 Å². The van der Waals surface area contributed by atoms with Crippen LogP contribution in [0.4, 0.5) is 10.1 Å². The zero-order valence-electron chi connectivity index (χ0n) is 14.1. The minimum atomic E-state index is -0.462. The van der Waals surface area contributed by atoms with Gasteiger partial charge in [0.2, 0.25) is 5.91 Å². The Kier molecular flexibility index (Phi) is 5.85. The molecule has 7 heteroatoms. The van der Waals surface area contributed by atoms with E-state index in [0.29, 0.717) is 36.8 Å². The van der Waals surface area contributed by atoms with E-state index in [1.165, 1.54) is 12.1 Å². The van der Waals surface area contributed by atoms with Gasteiger partial charge in [0.05, 0.1) is 22.8 Å². The van der Waals surface area contributed by atoms with Gasteiger partial charge in [-0.15, -0.1) is 0 Å². The highest BCUT2D eigenvalue weighted by Gasteiger charge is 2.24.